The number of aliphatic hydroxyl groups excluding tert-OH is 3. The minimum atomic E-state index is -2.93. The third-order valence-electron chi connectivity index (χ3n) is 11.8. The van der Waals surface area contributed by atoms with E-state index >= 15 is 0 Å². The fourth-order valence-electron chi connectivity index (χ4n) is 7.80. The Balaban J connectivity index is 1.24. The van der Waals surface area contributed by atoms with Gasteiger partial charge >= 0.3 is 5.97 Å². The molecule has 1 aromatic heterocycles. The van der Waals surface area contributed by atoms with Crippen LogP contribution in [0, 0.1) is 19.8 Å². The predicted octanol–water partition coefficient (Wildman–Crippen LogP) is 0.724. The third kappa shape index (κ3) is 19.7. The molecule has 4 amide bonds. The van der Waals surface area contributed by atoms with E-state index in [1.165, 1.54) is 23.7 Å². The number of carboxylic acid groups (broad SMARTS) is 1. The zero-order valence-electron chi connectivity index (χ0n) is 40.2. The number of aliphatic hydroxyl groups is 4. The third-order valence-corrected chi connectivity index (χ3v) is 11.8. The molecule has 22 nitrogen and oxygen atoms in total. The van der Waals surface area contributed by atoms with Crippen molar-refractivity contribution < 1.29 is 73.6 Å². The Morgan fingerprint density at radius 3 is 2.01 bits per heavy atom. The molecule has 5 atom stereocenters. The van der Waals surface area contributed by atoms with Crippen LogP contribution in [0.5, 0.6) is 5.75 Å². The Hall–Kier alpha value is -5.59. The van der Waals surface area contributed by atoms with Gasteiger partial charge in [0.05, 0.1) is 63.1 Å². The number of hydrogen-bond acceptors (Lipinski definition) is 16. The van der Waals surface area contributed by atoms with Crippen LogP contribution in [0.25, 0.3) is 0 Å². The minimum Gasteiger partial charge on any atom is -0.507 e. The first-order chi connectivity index (χ1) is 33.4. The van der Waals surface area contributed by atoms with E-state index in [1.807, 2.05) is 0 Å². The smallest absolute Gasteiger partial charge is 0.364 e. The number of carbonyl (C=O) groups is 5. The number of aromatic nitrogens is 3. The zero-order chi connectivity index (χ0) is 51.1. The molecular weight excluding hydrogens is 915 g/mol. The van der Waals surface area contributed by atoms with Crippen LogP contribution in [0.1, 0.15) is 97.0 Å². The lowest BCUT2D eigenvalue weighted by molar-refractivity contribution is -0.238. The van der Waals surface area contributed by atoms with Crippen molar-refractivity contribution in [1.29, 1.82) is 0 Å². The van der Waals surface area contributed by atoms with Crippen molar-refractivity contribution in [1.82, 2.24) is 36.3 Å². The van der Waals surface area contributed by atoms with Gasteiger partial charge in [-0.05, 0) is 87.6 Å². The Morgan fingerprint density at radius 1 is 0.814 bits per heavy atom. The summed E-state index contributed by atoms with van der Waals surface area (Å²) in [7, 11) is 0. The van der Waals surface area contributed by atoms with Crippen LogP contribution in [-0.2, 0) is 51.3 Å². The first kappa shape index (κ1) is 57.0. The van der Waals surface area contributed by atoms with Gasteiger partial charge in [-0.15, -0.1) is 5.10 Å². The fourth-order valence-corrected chi connectivity index (χ4v) is 7.80. The Bertz CT molecular complexity index is 2080. The molecule has 70 heavy (non-hydrogen) atoms. The first-order valence-corrected chi connectivity index (χ1v) is 23.7. The number of carbonyl (C=O) groups excluding carboxylic acids is 4. The van der Waals surface area contributed by atoms with E-state index in [-0.39, 0.29) is 41.6 Å². The van der Waals surface area contributed by atoms with Crippen LogP contribution < -0.4 is 21.3 Å². The van der Waals surface area contributed by atoms with Gasteiger partial charge in [0.2, 0.25) is 17.7 Å². The van der Waals surface area contributed by atoms with Crippen molar-refractivity contribution in [2.24, 2.45) is 5.92 Å². The van der Waals surface area contributed by atoms with E-state index < -0.39 is 73.9 Å². The molecule has 0 saturated heterocycles. The van der Waals surface area contributed by atoms with E-state index in [1.54, 1.807) is 50.4 Å². The molecule has 1 aliphatic carbocycles. The molecule has 1 aliphatic rings. The molecule has 0 bridgehead atoms. The normalized spacial score (nSPS) is 17.4. The number of phenolic OH excluding ortho intramolecular Hbond substituents is 1. The summed E-state index contributed by atoms with van der Waals surface area (Å²) in [5.41, 5.74) is 2.27. The number of rotatable bonds is 32. The fraction of sp³-hybridized carbons (Fsp3) is 0.604. The number of benzene rings is 2. The highest BCUT2D eigenvalue weighted by atomic mass is 16.6. The van der Waals surface area contributed by atoms with Crippen LogP contribution in [0.2, 0.25) is 0 Å². The van der Waals surface area contributed by atoms with Gasteiger partial charge in [0.25, 0.3) is 11.7 Å². The molecule has 0 radical (unpaired) electrons. The van der Waals surface area contributed by atoms with Gasteiger partial charge in [-0.3, -0.25) is 19.2 Å². The van der Waals surface area contributed by atoms with Gasteiger partial charge in [-0.2, -0.15) is 0 Å². The van der Waals surface area contributed by atoms with Crippen LogP contribution in [-0.4, -0.2) is 165 Å². The van der Waals surface area contributed by atoms with Crippen molar-refractivity contribution in [2.45, 2.75) is 121 Å². The topological polar surface area (TPSA) is 322 Å². The highest BCUT2D eigenvalue weighted by Gasteiger charge is 2.43. The molecule has 0 spiro atoms. The maximum absolute atomic E-state index is 13.5. The van der Waals surface area contributed by atoms with E-state index in [9.17, 15) is 54.6 Å². The average Bonchev–Trinajstić information content (AvgIpc) is 3.80. The summed E-state index contributed by atoms with van der Waals surface area (Å²) >= 11 is 0. The van der Waals surface area contributed by atoms with E-state index in [2.05, 4.69) is 31.6 Å². The summed E-state index contributed by atoms with van der Waals surface area (Å²) in [6, 6.07) is 9.85. The highest BCUT2D eigenvalue weighted by Crippen LogP contribution is 2.35. The molecule has 1 saturated carbocycles. The second kappa shape index (κ2) is 29.6. The van der Waals surface area contributed by atoms with E-state index in [4.69, 9.17) is 18.9 Å². The molecule has 1 unspecified atom stereocenters. The van der Waals surface area contributed by atoms with Crippen molar-refractivity contribution >= 4 is 29.6 Å². The Kier molecular flexibility index (Phi) is 24.1. The van der Waals surface area contributed by atoms with E-state index in [0.29, 0.717) is 107 Å². The molecule has 10 N–H and O–H groups in total. The SMILES string of the molecule is CC(=O)NCCCOCCOCCOCCCNC(=O)C1CCC(c2cn(CC(=O)N[C@@H](C[C@H](O)C(O)CNC(=O)c3cc(C)c(O)c(C)c3)[C@@H](O)C[C@](O)(OCc3ccccc3)C(=O)O)nn2)CC1. The summed E-state index contributed by atoms with van der Waals surface area (Å²) in [5.74, 6) is -6.32. The zero-order valence-corrected chi connectivity index (χ0v) is 40.2. The molecular formula is C48H71N7O15. The first-order valence-electron chi connectivity index (χ1n) is 23.7. The van der Waals surface area contributed by atoms with Crippen molar-refractivity contribution in [3.05, 3.63) is 76.6 Å². The van der Waals surface area contributed by atoms with Crippen LogP contribution in [0.4, 0.5) is 0 Å². The minimum absolute atomic E-state index is 0.0172. The molecule has 3 aromatic rings. The van der Waals surface area contributed by atoms with Gasteiger partial charge in [0.15, 0.2) is 0 Å². The molecule has 4 rings (SSSR count). The number of nitrogens with one attached hydrogen (secondary N) is 4. The van der Waals surface area contributed by atoms with E-state index in [0.717, 1.165) is 6.42 Å². The highest BCUT2D eigenvalue weighted by molar-refractivity contribution is 5.95. The standard InChI is InChI=1S/C48H71N7O15/c1-31-23-37(24-32(2)44(31)61)46(63)51-27-42(59)40(57)25-38(41(58)26-48(66,47(64)65)70-30-34-9-5-4-6-10-34)52-43(60)29-55-28-39(53-54-55)35-11-13-36(14-12-35)45(62)50-16-8-18-68-20-22-69-21-19-67-17-7-15-49-33(3)56/h4-6,9-10,23-24,28,35-36,38,40-42,57-59,61,66H,7-8,11-22,25-27,29-30H2,1-3H3,(H,49,56)(H,50,62)(H,51,63)(H,52,60)(H,64,65)/t35?,36?,38-,40-,41-,42?,48-/m0/s1. The molecule has 388 valence electrons. The quantitative estimate of drug-likeness (QED) is 0.0304. The van der Waals surface area contributed by atoms with Crippen molar-refractivity contribution in [2.75, 3.05) is 59.3 Å². The number of aryl methyl sites for hydroxylation is 2. The predicted molar refractivity (Wildman–Crippen MR) is 251 cm³/mol. The number of nitrogens with zero attached hydrogens (tertiary/aromatic N) is 3. The van der Waals surface area contributed by atoms with Gasteiger partial charge in [-0.1, -0.05) is 35.5 Å². The Morgan fingerprint density at radius 2 is 1.41 bits per heavy atom. The lowest BCUT2D eigenvalue weighted by Crippen LogP contribution is -2.53. The number of amides is 4. The lowest BCUT2D eigenvalue weighted by Gasteiger charge is -2.32. The maximum atomic E-state index is 13.5. The number of aromatic hydroxyl groups is 1. The van der Waals surface area contributed by atoms with Gasteiger partial charge in [-0.25, -0.2) is 9.48 Å². The van der Waals surface area contributed by atoms with Gasteiger partial charge < -0.3 is 70.9 Å². The molecule has 1 fully saturated rings. The molecule has 0 aliphatic heterocycles. The lowest BCUT2D eigenvalue weighted by atomic mass is 9.80. The number of hydrogen-bond donors (Lipinski definition) is 10. The van der Waals surface area contributed by atoms with Crippen LogP contribution >= 0.6 is 0 Å². The maximum Gasteiger partial charge on any atom is 0.364 e. The summed E-state index contributed by atoms with van der Waals surface area (Å²) in [4.78, 5) is 62.4. The number of aliphatic carboxylic acids is 1. The van der Waals surface area contributed by atoms with Crippen LogP contribution in [0.15, 0.2) is 48.7 Å². The number of phenols is 1. The summed E-state index contributed by atoms with van der Waals surface area (Å²) < 4.78 is 23.2. The summed E-state index contributed by atoms with van der Waals surface area (Å²) in [6.07, 6.45) is -1.12. The van der Waals surface area contributed by atoms with Gasteiger partial charge in [0.1, 0.15) is 12.3 Å². The van der Waals surface area contributed by atoms with Crippen LogP contribution in [0.3, 0.4) is 0 Å². The second-order valence-electron chi connectivity index (χ2n) is 17.6. The molecule has 22 heteroatoms. The molecule has 1 heterocycles. The summed E-state index contributed by atoms with van der Waals surface area (Å²) in [6.45, 7) is 7.33. The van der Waals surface area contributed by atoms with Gasteiger partial charge in [0, 0.05) is 69.8 Å². The average molecular weight is 986 g/mol. The summed E-state index contributed by atoms with van der Waals surface area (Å²) in [5, 5.41) is 83.5. The monoisotopic (exact) mass is 986 g/mol. The number of ether oxygens (including phenoxy) is 4. The number of carboxylic acids is 1. The van der Waals surface area contributed by atoms with Crippen molar-refractivity contribution in [3.8, 4) is 5.75 Å². The van der Waals surface area contributed by atoms with Crippen molar-refractivity contribution in [3.63, 3.8) is 0 Å². The largest absolute Gasteiger partial charge is 0.507 e. The second-order valence-corrected chi connectivity index (χ2v) is 17.6. The Labute approximate surface area is 407 Å². The molecule has 2 aromatic carbocycles.